The van der Waals surface area contributed by atoms with Crippen LogP contribution in [0.5, 0.6) is 0 Å². The van der Waals surface area contributed by atoms with Crippen molar-refractivity contribution in [2.24, 2.45) is 11.7 Å². The minimum atomic E-state index is -0.304. The maximum Gasteiger partial charge on any atom is 0.229 e. The van der Waals surface area contributed by atoms with Crippen molar-refractivity contribution in [2.75, 3.05) is 49.2 Å². The van der Waals surface area contributed by atoms with Crippen molar-refractivity contribution in [1.82, 2.24) is 19.7 Å². The second-order valence-electron chi connectivity index (χ2n) is 7.88. The molecule has 0 spiro atoms. The summed E-state index contributed by atoms with van der Waals surface area (Å²) in [6.07, 6.45) is 3.12. The van der Waals surface area contributed by atoms with E-state index in [0.29, 0.717) is 50.7 Å². The van der Waals surface area contributed by atoms with E-state index >= 15 is 0 Å². The predicted octanol–water partition coefficient (Wildman–Crippen LogP) is 1.49. The molecule has 2 aliphatic rings. The highest BCUT2D eigenvalue weighted by Gasteiger charge is 2.27. The first-order chi connectivity index (χ1) is 15.1. The van der Waals surface area contributed by atoms with Gasteiger partial charge in [0.2, 0.25) is 11.9 Å². The lowest BCUT2D eigenvalue weighted by Gasteiger charge is -2.32. The molecule has 2 fully saturated rings. The van der Waals surface area contributed by atoms with E-state index in [1.807, 2.05) is 0 Å². The smallest absolute Gasteiger partial charge is 0.229 e. The van der Waals surface area contributed by atoms with Crippen molar-refractivity contribution in [1.29, 1.82) is 0 Å². The van der Waals surface area contributed by atoms with Gasteiger partial charge < -0.3 is 20.3 Å². The molecule has 162 valence electrons. The standard InChI is InChI=1S/C21H24FN7O2/c22-15-1-3-16(4-2-15)29-20-17(13-24-29)19(27-9-11-31-12-10-27)25-21(26-20)28-7-5-14(6-8-28)18(23)30/h1-4,13-14H,5-12H2,(H2,23,30). The lowest BCUT2D eigenvalue weighted by Crippen LogP contribution is -2.40. The summed E-state index contributed by atoms with van der Waals surface area (Å²) in [6.45, 7) is 4.06. The average molecular weight is 425 g/mol. The normalized spacial score (nSPS) is 18.0. The van der Waals surface area contributed by atoms with Gasteiger partial charge >= 0.3 is 0 Å². The zero-order valence-corrected chi connectivity index (χ0v) is 17.1. The summed E-state index contributed by atoms with van der Waals surface area (Å²) in [5.74, 6) is 0.749. The molecule has 9 nitrogen and oxygen atoms in total. The number of primary amides is 1. The third-order valence-electron chi connectivity index (χ3n) is 5.96. The van der Waals surface area contributed by atoms with Crippen molar-refractivity contribution in [3.63, 3.8) is 0 Å². The highest BCUT2D eigenvalue weighted by atomic mass is 19.1. The fraction of sp³-hybridized carbons (Fsp3) is 0.429. The number of halogens is 1. The van der Waals surface area contributed by atoms with E-state index in [2.05, 4.69) is 14.9 Å². The summed E-state index contributed by atoms with van der Waals surface area (Å²) in [6, 6.07) is 6.16. The Bertz CT molecular complexity index is 1090. The van der Waals surface area contributed by atoms with Gasteiger partial charge in [-0.3, -0.25) is 4.79 Å². The number of carbonyl (C=O) groups is 1. The molecule has 5 rings (SSSR count). The van der Waals surface area contributed by atoms with Crippen LogP contribution in [0.2, 0.25) is 0 Å². The van der Waals surface area contributed by atoms with Crippen LogP contribution in [0, 0.1) is 11.7 Å². The van der Waals surface area contributed by atoms with Crippen molar-refractivity contribution < 1.29 is 13.9 Å². The first kappa shape index (κ1) is 19.7. The second kappa shape index (κ2) is 8.10. The summed E-state index contributed by atoms with van der Waals surface area (Å²) in [4.78, 5) is 25.5. The number of hydrogen-bond acceptors (Lipinski definition) is 7. The number of morpholine rings is 1. The van der Waals surface area contributed by atoms with Gasteiger partial charge in [0.1, 0.15) is 11.6 Å². The largest absolute Gasteiger partial charge is 0.378 e. The van der Waals surface area contributed by atoms with Gasteiger partial charge in [0.15, 0.2) is 5.65 Å². The summed E-state index contributed by atoms with van der Waals surface area (Å²) in [5, 5.41) is 5.36. The van der Waals surface area contributed by atoms with E-state index in [9.17, 15) is 9.18 Å². The number of nitrogens with zero attached hydrogens (tertiary/aromatic N) is 6. The Hall–Kier alpha value is -3.27. The highest BCUT2D eigenvalue weighted by Crippen LogP contribution is 2.30. The minimum Gasteiger partial charge on any atom is -0.378 e. The number of anilines is 2. The Morgan fingerprint density at radius 1 is 1.03 bits per heavy atom. The van der Waals surface area contributed by atoms with E-state index in [-0.39, 0.29) is 17.6 Å². The molecule has 4 heterocycles. The maximum absolute atomic E-state index is 13.4. The molecule has 0 radical (unpaired) electrons. The Balaban J connectivity index is 1.57. The molecule has 2 N–H and O–H groups in total. The van der Waals surface area contributed by atoms with Gasteiger partial charge in [0, 0.05) is 32.1 Å². The van der Waals surface area contributed by atoms with E-state index in [1.54, 1.807) is 23.0 Å². The minimum absolute atomic E-state index is 0.108. The average Bonchev–Trinajstić information content (AvgIpc) is 3.23. The van der Waals surface area contributed by atoms with E-state index in [0.717, 1.165) is 30.0 Å². The predicted molar refractivity (Wildman–Crippen MR) is 114 cm³/mol. The van der Waals surface area contributed by atoms with Gasteiger partial charge in [0.25, 0.3) is 0 Å². The van der Waals surface area contributed by atoms with Crippen LogP contribution in [0.1, 0.15) is 12.8 Å². The lowest BCUT2D eigenvalue weighted by atomic mass is 9.96. The van der Waals surface area contributed by atoms with Crippen LogP contribution in [0.3, 0.4) is 0 Å². The molecular formula is C21H24FN7O2. The zero-order chi connectivity index (χ0) is 21.4. The molecule has 1 amide bonds. The van der Waals surface area contributed by atoms with Crippen LogP contribution in [0.15, 0.2) is 30.5 Å². The highest BCUT2D eigenvalue weighted by molar-refractivity contribution is 5.89. The summed E-state index contributed by atoms with van der Waals surface area (Å²) >= 11 is 0. The Kier molecular flexibility index (Phi) is 5.14. The fourth-order valence-corrected chi connectivity index (χ4v) is 4.17. The summed E-state index contributed by atoms with van der Waals surface area (Å²) < 4.78 is 20.6. The van der Waals surface area contributed by atoms with E-state index in [4.69, 9.17) is 20.4 Å². The number of benzene rings is 1. The second-order valence-corrected chi connectivity index (χ2v) is 7.88. The Labute approximate surface area is 178 Å². The molecule has 10 heteroatoms. The molecule has 3 aromatic rings. The van der Waals surface area contributed by atoms with Gasteiger partial charge in [-0.1, -0.05) is 0 Å². The summed E-state index contributed by atoms with van der Waals surface area (Å²) in [7, 11) is 0. The zero-order valence-electron chi connectivity index (χ0n) is 17.1. The number of carbonyl (C=O) groups excluding carboxylic acids is 1. The van der Waals surface area contributed by atoms with Crippen molar-refractivity contribution in [3.05, 3.63) is 36.3 Å². The molecule has 0 aliphatic carbocycles. The number of aromatic nitrogens is 4. The number of amides is 1. The van der Waals surface area contributed by atoms with Gasteiger partial charge in [-0.15, -0.1) is 0 Å². The van der Waals surface area contributed by atoms with Gasteiger partial charge in [0.05, 0.1) is 30.5 Å². The first-order valence-corrected chi connectivity index (χ1v) is 10.5. The molecule has 2 aromatic heterocycles. The van der Waals surface area contributed by atoms with Crippen molar-refractivity contribution in [3.8, 4) is 5.69 Å². The van der Waals surface area contributed by atoms with Crippen LogP contribution in [-0.4, -0.2) is 65.0 Å². The van der Waals surface area contributed by atoms with E-state index < -0.39 is 0 Å². The number of piperidine rings is 1. The van der Waals surface area contributed by atoms with Crippen molar-refractivity contribution >= 4 is 28.7 Å². The number of hydrogen-bond donors (Lipinski definition) is 1. The SMILES string of the molecule is NC(=O)C1CCN(c2nc(N3CCOCC3)c3cnn(-c4ccc(F)cc4)c3n2)CC1. The third-order valence-corrected chi connectivity index (χ3v) is 5.96. The van der Waals surface area contributed by atoms with Gasteiger partial charge in [-0.05, 0) is 37.1 Å². The Morgan fingerprint density at radius 2 is 1.74 bits per heavy atom. The molecule has 2 saturated heterocycles. The molecule has 0 bridgehead atoms. The molecule has 31 heavy (non-hydrogen) atoms. The molecule has 0 atom stereocenters. The monoisotopic (exact) mass is 425 g/mol. The van der Waals surface area contributed by atoms with Crippen LogP contribution in [0.25, 0.3) is 16.7 Å². The number of ether oxygens (including phenoxy) is 1. The third kappa shape index (κ3) is 3.78. The topological polar surface area (TPSA) is 102 Å². The molecular weight excluding hydrogens is 401 g/mol. The first-order valence-electron chi connectivity index (χ1n) is 10.5. The molecule has 0 saturated carbocycles. The molecule has 0 unspecified atom stereocenters. The van der Waals surface area contributed by atoms with Crippen LogP contribution in [0.4, 0.5) is 16.2 Å². The maximum atomic E-state index is 13.4. The van der Waals surface area contributed by atoms with Crippen LogP contribution in [-0.2, 0) is 9.53 Å². The Morgan fingerprint density at radius 3 is 2.42 bits per heavy atom. The quantitative estimate of drug-likeness (QED) is 0.676. The number of nitrogens with two attached hydrogens (primary N) is 1. The number of fused-ring (bicyclic) bond motifs is 1. The van der Waals surface area contributed by atoms with E-state index in [1.165, 1.54) is 12.1 Å². The van der Waals surface area contributed by atoms with Gasteiger partial charge in [-0.25, -0.2) is 9.07 Å². The fourth-order valence-electron chi connectivity index (χ4n) is 4.17. The van der Waals surface area contributed by atoms with Gasteiger partial charge in [-0.2, -0.15) is 15.1 Å². The number of rotatable bonds is 4. The molecule has 1 aromatic carbocycles. The van der Waals surface area contributed by atoms with Crippen molar-refractivity contribution in [2.45, 2.75) is 12.8 Å². The molecule has 2 aliphatic heterocycles. The lowest BCUT2D eigenvalue weighted by molar-refractivity contribution is -0.122. The van der Waals surface area contributed by atoms with Crippen LogP contribution >= 0.6 is 0 Å². The van der Waals surface area contributed by atoms with Crippen LogP contribution < -0.4 is 15.5 Å². The summed E-state index contributed by atoms with van der Waals surface area (Å²) in [5.41, 5.74) is 6.87.